The highest BCUT2D eigenvalue weighted by atomic mass is 16.5. The van der Waals surface area contributed by atoms with Gasteiger partial charge in [-0.3, -0.25) is 4.90 Å². The van der Waals surface area contributed by atoms with Gasteiger partial charge >= 0.3 is 0 Å². The molecule has 0 unspecified atom stereocenters. The summed E-state index contributed by atoms with van der Waals surface area (Å²) in [5, 5.41) is 0. The summed E-state index contributed by atoms with van der Waals surface area (Å²) in [7, 11) is 0. The molecule has 0 aromatic heterocycles. The summed E-state index contributed by atoms with van der Waals surface area (Å²) in [5.74, 6) is 0.706. The molecule has 3 aliphatic heterocycles. The molecule has 4 rings (SSSR count). The molecule has 0 aromatic rings. The minimum absolute atomic E-state index is 0.277. The first-order valence-electron chi connectivity index (χ1n) is 9.37. The first-order chi connectivity index (χ1) is 10.9. The van der Waals surface area contributed by atoms with Crippen molar-refractivity contribution >= 4 is 0 Å². The van der Waals surface area contributed by atoms with Gasteiger partial charge in [-0.25, -0.2) is 0 Å². The molecule has 0 aromatic carbocycles. The zero-order valence-corrected chi connectivity index (χ0v) is 13.8. The molecule has 0 bridgehead atoms. The second-order valence-electron chi connectivity index (χ2n) is 7.89. The van der Waals surface area contributed by atoms with Crippen molar-refractivity contribution in [1.82, 2.24) is 4.90 Å². The fourth-order valence-corrected chi connectivity index (χ4v) is 4.70. The lowest BCUT2D eigenvalue weighted by Crippen LogP contribution is -2.56. The van der Waals surface area contributed by atoms with Gasteiger partial charge in [-0.1, -0.05) is 6.42 Å². The van der Waals surface area contributed by atoms with Crippen molar-refractivity contribution < 1.29 is 14.2 Å². The van der Waals surface area contributed by atoms with E-state index in [2.05, 4.69) is 4.90 Å². The molecule has 3 saturated heterocycles. The molecule has 0 amide bonds. The predicted octanol–water partition coefficient (Wildman–Crippen LogP) is 2.46. The van der Waals surface area contributed by atoms with Crippen LogP contribution in [0.2, 0.25) is 0 Å². The number of hydrogen-bond donors (Lipinski definition) is 0. The normalized spacial score (nSPS) is 37.9. The SMILES string of the molecule is C1CC(N2CC[C@@H]3OCC[C@]3(COCC3CCOCC3)C2)C1. The smallest absolute Gasteiger partial charge is 0.0678 e. The molecule has 0 radical (unpaired) electrons. The Morgan fingerprint density at radius 2 is 1.91 bits per heavy atom. The van der Waals surface area contributed by atoms with Crippen LogP contribution < -0.4 is 0 Å². The second kappa shape index (κ2) is 6.76. The van der Waals surface area contributed by atoms with Crippen LogP contribution in [0.25, 0.3) is 0 Å². The molecular formula is C18H31NO3. The van der Waals surface area contributed by atoms with Crippen LogP contribution in [-0.4, -0.2) is 63.2 Å². The molecule has 4 aliphatic rings. The predicted molar refractivity (Wildman–Crippen MR) is 85.0 cm³/mol. The van der Waals surface area contributed by atoms with Crippen molar-refractivity contribution in [3.05, 3.63) is 0 Å². The minimum Gasteiger partial charge on any atom is -0.381 e. The zero-order valence-electron chi connectivity index (χ0n) is 13.8. The molecule has 0 spiro atoms. The maximum atomic E-state index is 6.23. The number of hydrogen-bond acceptors (Lipinski definition) is 4. The number of fused-ring (bicyclic) bond motifs is 1. The molecule has 0 N–H and O–H groups in total. The number of piperidine rings is 1. The third-order valence-corrected chi connectivity index (χ3v) is 6.47. The van der Waals surface area contributed by atoms with Gasteiger partial charge in [0.2, 0.25) is 0 Å². The molecule has 4 fully saturated rings. The first kappa shape index (κ1) is 15.4. The van der Waals surface area contributed by atoms with Crippen molar-refractivity contribution in [2.45, 2.75) is 57.1 Å². The Labute approximate surface area is 134 Å². The minimum atomic E-state index is 0.277. The van der Waals surface area contributed by atoms with Gasteiger partial charge in [-0.15, -0.1) is 0 Å². The van der Waals surface area contributed by atoms with Gasteiger partial charge in [0.15, 0.2) is 0 Å². The maximum Gasteiger partial charge on any atom is 0.0678 e. The molecule has 3 heterocycles. The van der Waals surface area contributed by atoms with Crippen LogP contribution in [0.4, 0.5) is 0 Å². The third-order valence-electron chi connectivity index (χ3n) is 6.47. The van der Waals surface area contributed by atoms with Gasteiger partial charge in [-0.2, -0.15) is 0 Å². The Balaban J connectivity index is 1.32. The average Bonchev–Trinajstić information content (AvgIpc) is 2.90. The standard InChI is InChI=1S/C18H31NO3/c1-2-16(3-1)19-8-4-17-18(13-19,7-11-22-17)14-21-12-15-5-9-20-10-6-15/h15-17H,1-14H2/t17-,18+/m0/s1. The van der Waals surface area contributed by atoms with E-state index in [0.29, 0.717) is 12.0 Å². The lowest BCUT2D eigenvalue weighted by atomic mass is 9.75. The van der Waals surface area contributed by atoms with Crippen LogP contribution in [0, 0.1) is 11.3 Å². The molecule has 22 heavy (non-hydrogen) atoms. The first-order valence-corrected chi connectivity index (χ1v) is 9.37. The molecule has 4 heteroatoms. The van der Waals surface area contributed by atoms with Crippen molar-refractivity contribution in [3.63, 3.8) is 0 Å². The molecule has 126 valence electrons. The lowest BCUT2D eigenvalue weighted by molar-refractivity contribution is -0.0874. The fourth-order valence-electron chi connectivity index (χ4n) is 4.70. The Bertz CT molecular complexity index is 367. The lowest BCUT2D eigenvalue weighted by Gasteiger charge is -2.48. The van der Waals surface area contributed by atoms with Gasteiger partial charge in [0, 0.05) is 51.0 Å². The highest BCUT2D eigenvalue weighted by Crippen LogP contribution is 2.43. The monoisotopic (exact) mass is 309 g/mol. The van der Waals surface area contributed by atoms with Crippen LogP contribution in [0.15, 0.2) is 0 Å². The van der Waals surface area contributed by atoms with E-state index in [0.717, 1.165) is 39.1 Å². The van der Waals surface area contributed by atoms with Gasteiger partial charge in [0.25, 0.3) is 0 Å². The van der Waals surface area contributed by atoms with E-state index in [4.69, 9.17) is 14.2 Å². The van der Waals surface area contributed by atoms with Crippen molar-refractivity contribution in [1.29, 1.82) is 0 Å². The Morgan fingerprint density at radius 3 is 2.68 bits per heavy atom. The number of rotatable bonds is 5. The second-order valence-corrected chi connectivity index (χ2v) is 7.89. The highest BCUT2D eigenvalue weighted by molar-refractivity contribution is 5.00. The molecular weight excluding hydrogens is 278 g/mol. The van der Waals surface area contributed by atoms with Crippen molar-refractivity contribution in [2.75, 3.05) is 46.1 Å². The van der Waals surface area contributed by atoms with Gasteiger partial charge < -0.3 is 14.2 Å². The molecule has 2 atom stereocenters. The summed E-state index contributed by atoms with van der Waals surface area (Å²) in [5.41, 5.74) is 0.277. The summed E-state index contributed by atoms with van der Waals surface area (Å²) >= 11 is 0. The number of likely N-dealkylation sites (tertiary alicyclic amines) is 1. The molecule has 4 nitrogen and oxygen atoms in total. The quantitative estimate of drug-likeness (QED) is 0.780. The fraction of sp³-hybridized carbons (Fsp3) is 1.00. The average molecular weight is 309 g/mol. The Hall–Kier alpha value is -0.160. The summed E-state index contributed by atoms with van der Waals surface area (Å²) in [6.45, 7) is 7.02. The van der Waals surface area contributed by atoms with Gasteiger partial charge in [0.1, 0.15) is 0 Å². The van der Waals surface area contributed by atoms with Crippen molar-refractivity contribution in [2.24, 2.45) is 11.3 Å². The van der Waals surface area contributed by atoms with Crippen molar-refractivity contribution in [3.8, 4) is 0 Å². The number of ether oxygens (including phenoxy) is 3. The largest absolute Gasteiger partial charge is 0.381 e. The van der Waals surface area contributed by atoms with E-state index in [1.54, 1.807) is 0 Å². The van der Waals surface area contributed by atoms with E-state index in [9.17, 15) is 0 Å². The summed E-state index contributed by atoms with van der Waals surface area (Å²) in [6.07, 6.45) is 9.41. The molecule has 1 saturated carbocycles. The van der Waals surface area contributed by atoms with Crippen LogP contribution in [0.5, 0.6) is 0 Å². The number of nitrogens with zero attached hydrogens (tertiary/aromatic N) is 1. The van der Waals surface area contributed by atoms with Gasteiger partial charge in [-0.05, 0) is 44.4 Å². The van der Waals surface area contributed by atoms with Crippen LogP contribution >= 0.6 is 0 Å². The van der Waals surface area contributed by atoms with E-state index in [1.165, 1.54) is 58.0 Å². The van der Waals surface area contributed by atoms with Crippen LogP contribution in [-0.2, 0) is 14.2 Å². The zero-order chi connectivity index (χ0) is 14.8. The topological polar surface area (TPSA) is 30.9 Å². The maximum absolute atomic E-state index is 6.23. The van der Waals surface area contributed by atoms with Crippen LogP contribution in [0.3, 0.4) is 0 Å². The summed E-state index contributed by atoms with van der Waals surface area (Å²) in [4.78, 5) is 2.74. The summed E-state index contributed by atoms with van der Waals surface area (Å²) < 4.78 is 17.7. The van der Waals surface area contributed by atoms with E-state index >= 15 is 0 Å². The highest BCUT2D eigenvalue weighted by Gasteiger charge is 2.49. The van der Waals surface area contributed by atoms with Crippen LogP contribution in [0.1, 0.15) is 44.9 Å². The third kappa shape index (κ3) is 3.08. The van der Waals surface area contributed by atoms with E-state index in [-0.39, 0.29) is 5.41 Å². The van der Waals surface area contributed by atoms with E-state index in [1.807, 2.05) is 0 Å². The Morgan fingerprint density at radius 1 is 1.05 bits per heavy atom. The van der Waals surface area contributed by atoms with Gasteiger partial charge in [0.05, 0.1) is 12.7 Å². The van der Waals surface area contributed by atoms with E-state index < -0.39 is 0 Å². The molecule has 1 aliphatic carbocycles. The summed E-state index contributed by atoms with van der Waals surface area (Å²) in [6, 6.07) is 0.855. The Kier molecular flexibility index (Phi) is 4.72.